The molecule has 0 aromatic rings. The molecule has 0 aliphatic carbocycles. The second kappa shape index (κ2) is 7.97. The first-order valence-electron chi connectivity index (χ1n) is 7.63. The molecule has 138 valence electrons. The highest BCUT2D eigenvalue weighted by atomic mass is 16.7. The standard InChI is InChI=1S/C15H20N2O8/c1-8(18)22-6-11-13(23-9(2)19)14(24-10(3)20)15(25-11)17-5-4-12(21)16-7-17/h4-5,11,13-15H,6-7H2,1-3H3,(H,16,21). The molecule has 2 aliphatic rings. The van der Waals surface area contributed by atoms with Gasteiger partial charge in [0.2, 0.25) is 5.91 Å². The summed E-state index contributed by atoms with van der Waals surface area (Å²) in [6.45, 7) is 3.60. The Bertz CT molecular complexity index is 590. The van der Waals surface area contributed by atoms with Crippen molar-refractivity contribution in [1.82, 2.24) is 10.2 Å². The van der Waals surface area contributed by atoms with Crippen molar-refractivity contribution in [3.05, 3.63) is 12.3 Å². The molecule has 4 atom stereocenters. The third-order valence-corrected chi connectivity index (χ3v) is 3.52. The summed E-state index contributed by atoms with van der Waals surface area (Å²) in [6, 6.07) is 0. The number of nitrogens with zero attached hydrogens (tertiary/aromatic N) is 1. The summed E-state index contributed by atoms with van der Waals surface area (Å²) in [5.74, 6) is -1.98. The summed E-state index contributed by atoms with van der Waals surface area (Å²) in [5, 5.41) is 2.59. The molecule has 2 aliphatic heterocycles. The summed E-state index contributed by atoms with van der Waals surface area (Å²) >= 11 is 0. The Hall–Kier alpha value is -2.62. The quantitative estimate of drug-likeness (QED) is 0.490. The fraction of sp³-hybridized carbons (Fsp3) is 0.600. The zero-order valence-electron chi connectivity index (χ0n) is 14.1. The third kappa shape index (κ3) is 4.92. The van der Waals surface area contributed by atoms with Crippen LogP contribution in [0.5, 0.6) is 0 Å². The van der Waals surface area contributed by atoms with Crippen molar-refractivity contribution < 1.29 is 38.1 Å². The number of hydrogen-bond donors (Lipinski definition) is 1. The van der Waals surface area contributed by atoms with Crippen molar-refractivity contribution in [2.24, 2.45) is 0 Å². The van der Waals surface area contributed by atoms with Gasteiger partial charge in [-0.1, -0.05) is 0 Å². The van der Waals surface area contributed by atoms with Crippen LogP contribution < -0.4 is 5.32 Å². The van der Waals surface area contributed by atoms with Gasteiger partial charge in [0.1, 0.15) is 12.7 Å². The molecule has 0 radical (unpaired) electrons. The average Bonchev–Trinajstić information content (AvgIpc) is 2.83. The Balaban J connectivity index is 2.24. The van der Waals surface area contributed by atoms with Crippen LogP contribution >= 0.6 is 0 Å². The maximum atomic E-state index is 11.5. The smallest absolute Gasteiger partial charge is 0.303 e. The third-order valence-electron chi connectivity index (χ3n) is 3.52. The molecule has 2 rings (SSSR count). The highest BCUT2D eigenvalue weighted by Gasteiger charge is 2.51. The SMILES string of the molecule is CC(=O)OCC1OC(N2C=CC(=O)NC2)C(OC(C)=O)C1OC(C)=O. The highest BCUT2D eigenvalue weighted by Crippen LogP contribution is 2.30. The van der Waals surface area contributed by atoms with Crippen molar-refractivity contribution in [3.8, 4) is 0 Å². The lowest BCUT2D eigenvalue weighted by molar-refractivity contribution is -0.167. The number of carbonyl (C=O) groups is 4. The molecule has 1 amide bonds. The average molecular weight is 356 g/mol. The van der Waals surface area contributed by atoms with Crippen LogP contribution in [0, 0.1) is 0 Å². The monoisotopic (exact) mass is 356 g/mol. The first-order chi connectivity index (χ1) is 11.8. The van der Waals surface area contributed by atoms with E-state index in [4.69, 9.17) is 18.9 Å². The number of amides is 1. The normalized spacial score (nSPS) is 28.3. The van der Waals surface area contributed by atoms with Gasteiger partial charge in [-0.15, -0.1) is 0 Å². The van der Waals surface area contributed by atoms with Crippen LogP contribution in [0.25, 0.3) is 0 Å². The van der Waals surface area contributed by atoms with E-state index in [2.05, 4.69) is 5.32 Å². The van der Waals surface area contributed by atoms with Crippen molar-refractivity contribution >= 4 is 23.8 Å². The summed E-state index contributed by atoms with van der Waals surface area (Å²) < 4.78 is 21.3. The fourth-order valence-corrected chi connectivity index (χ4v) is 2.58. The molecule has 10 nitrogen and oxygen atoms in total. The first kappa shape index (κ1) is 18.7. The predicted octanol–water partition coefficient (Wildman–Crippen LogP) is -0.959. The molecule has 1 saturated heterocycles. The maximum Gasteiger partial charge on any atom is 0.303 e. The summed E-state index contributed by atoms with van der Waals surface area (Å²) in [7, 11) is 0. The Morgan fingerprint density at radius 3 is 2.32 bits per heavy atom. The van der Waals surface area contributed by atoms with E-state index in [1.807, 2.05) is 0 Å². The second-order valence-electron chi connectivity index (χ2n) is 5.54. The maximum absolute atomic E-state index is 11.5. The lowest BCUT2D eigenvalue weighted by Gasteiger charge is -2.32. The lowest BCUT2D eigenvalue weighted by atomic mass is 10.1. The van der Waals surface area contributed by atoms with Crippen LogP contribution in [0.3, 0.4) is 0 Å². The topological polar surface area (TPSA) is 120 Å². The minimum absolute atomic E-state index is 0.116. The van der Waals surface area contributed by atoms with E-state index in [1.165, 1.54) is 33.0 Å². The van der Waals surface area contributed by atoms with Crippen LogP contribution in [0.15, 0.2) is 12.3 Å². The van der Waals surface area contributed by atoms with Gasteiger partial charge in [-0.25, -0.2) is 0 Å². The molecule has 0 aromatic heterocycles. The summed E-state index contributed by atoms with van der Waals surface area (Å²) in [4.78, 5) is 46.8. The molecule has 0 spiro atoms. The number of rotatable bonds is 5. The zero-order valence-corrected chi connectivity index (χ0v) is 14.1. The van der Waals surface area contributed by atoms with Crippen molar-refractivity contribution in [2.45, 2.75) is 45.3 Å². The molecule has 2 heterocycles. The van der Waals surface area contributed by atoms with E-state index in [-0.39, 0.29) is 19.2 Å². The van der Waals surface area contributed by atoms with E-state index in [1.54, 1.807) is 4.90 Å². The van der Waals surface area contributed by atoms with Gasteiger partial charge in [-0.2, -0.15) is 0 Å². The van der Waals surface area contributed by atoms with Crippen LogP contribution in [0.2, 0.25) is 0 Å². The van der Waals surface area contributed by atoms with E-state index in [0.29, 0.717) is 0 Å². The first-order valence-corrected chi connectivity index (χ1v) is 7.63. The van der Waals surface area contributed by atoms with Gasteiger partial charge in [0, 0.05) is 33.0 Å². The van der Waals surface area contributed by atoms with E-state index in [0.717, 1.165) is 0 Å². The fourth-order valence-electron chi connectivity index (χ4n) is 2.58. The van der Waals surface area contributed by atoms with Crippen LogP contribution in [-0.2, 0) is 38.1 Å². The molecule has 10 heteroatoms. The summed E-state index contributed by atoms with van der Waals surface area (Å²) in [5.41, 5.74) is 0. The molecule has 0 saturated carbocycles. The second-order valence-corrected chi connectivity index (χ2v) is 5.54. The van der Waals surface area contributed by atoms with Gasteiger partial charge in [-0.05, 0) is 0 Å². The molecule has 25 heavy (non-hydrogen) atoms. The predicted molar refractivity (Wildman–Crippen MR) is 80.4 cm³/mol. The van der Waals surface area contributed by atoms with E-state index >= 15 is 0 Å². The van der Waals surface area contributed by atoms with Gasteiger partial charge in [0.05, 0.1) is 6.67 Å². The van der Waals surface area contributed by atoms with Crippen LogP contribution in [0.4, 0.5) is 0 Å². The molecular formula is C15H20N2O8. The number of esters is 3. The number of ether oxygens (including phenoxy) is 4. The van der Waals surface area contributed by atoms with Gasteiger partial charge in [0.25, 0.3) is 0 Å². The molecule has 4 unspecified atom stereocenters. The minimum atomic E-state index is -0.961. The molecule has 1 N–H and O–H groups in total. The Morgan fingerprint density at radius 2 is 1.80 bits per heavy atom. The lowest BCUT2D eigenvalue weighted by Crippen LogP contribution is -2.50. The van der Waals surface area contributed by atoms with Crippen LogP contribution in [0.1, 0.15) is 20.8 Å². The minimum Gasteiger partial charge on any atom is -0.463 e. The molecule has 0 aromatic carbocycles. The van der Waals surface area contributed by atoms with Crippen LogP contribution in [-0.4, -0.2) is 66.5 Å². The largest absolute Gasteiger partial charge is 0.463 e. The highest BCUT2D eigenvalue weighted by molar-refractivity contribution is 5.87. The number of hydrogen-bond acceptors (Lipinski definition) is 9. The van der Waals surface area contributed by atoms with Crippen molar-refractivity contribution in [1.29, 1.82) is 0 Å². The van der Waals surface area contributed by atoms with E-state index < -0.39 is 42.4 Å². The van der Waals surface area contributed by atoms with Gasteiger partial charge < -0.3 is 29.2 Å². The number of nitrogens with one attached hydrogen (secondary N) is 1. The van der Waals surface area contributed by atoms with Gasteiger partial charge >= 0.3 is 17.9 Å². The van der Waals surface area contributed by atoms with Crippen molar-refractivity contribution in [2.75, 3.05) is 13.3 Å². The summed E-state index contributed by atoms with van der Waals surface area (Å²) in [6.07, 6.45) is -0.797. The van der Waals surface area contributed by atoms with Crippen molar-refractivity contribution in [3.63, 3.8) is 0 Å². The number of carbonyl (C=O) groups excluding carboxylic acids is 4. The Kier molecular flexibility index (Phi) is 5.97. The Labute approximate surface area is 144 Å². The van der Waals surface area contributed by atoms with E-state index in [9.17, 15) is 19.2 Å². The Morgan fingerprint density at radius 1 is 1.16 bits per heavy atom. The molecule has 1 fully saturated rings. The van der Waals surface area contributed by atoms with Gasteiger partial charge in [-0.3, -0.25) is 19.2 Å². The zero-order chi connectivity index (χ0) is 18.6. The molecule has 0 bridgehead atoms. The molecular weight excluding hydrogens is 336 g/mol. The van der Waals surface area contributed by atoms with Gasteiger partial charge in [0.15, 0.2) is 18.4 Å².